The van der Waals surface area contributed by atoms with Crippen molar-refractivity contribution < 1.29 is 10.0 Å². The Hall–Kier alpha value is -1.50. The number of carbonyl (C=O) groups excluding carboxylic acids is 1. The molecule has 0 radical (unpaired) electrons. The van der Waals surface area contributed by atoms with Gasteiger partial charge in [-0.2, -0.15) is 0 Å². The Morgan fingerprint density at radius 3 is 3.00 bits per heavy atom. The topological polar surface area (TPSA) is 78.7 Å². The van der Waals surface area contributed by atoms with Crippen LogP contribution in [-0.2, 0) is 6.42 Å². The van der Waals surface area contributed by atoms with Gasteiger partial charge in [0.2, 0.25) is 0 Å². The average molecular weight is 296 g/mol. The molecule has 1 aromatic heterocycles. The molecule has 0 aliphatic carbocycles. The van der Waals surface area contributed by atoms with Gasteiger partial charge in [-0.05, 0) is 24.4 Å². The van der Waals surface area contributed by atoms with Gasteiger partial charge in [-0.3, -0.25) is 4.79 Å². The summed E-state index contributed by atoms with van der Waals surface area (Å²) in [5.74, 6) is 0.159. The van der Waals surface area contributed by atoms with Crippen molar-refractivity contribution in [3.05, 3.63) is 10.6 Å². The Morgan fingerprint density at radius 1 is 1.55 bits per heavy atom. The molecule has 2 rings (SSSR count). The molecule has 1 amide bonds. The standard InChI is InChI=1S/C13H20N4O2S/c1-3-5-11-12(20-16-14-11)13(18)17-7-6-10(15-19)9(4-2)8-17/h9,19H,3-8H2,1-2H3. The Morgan fingerprint density at radius 2 is 2.35 bits per heavy atom. The van der Waals surface area contributed by atoms with Crippen LogP contribution in [0, 0.1) is 5.92 Å². The van der Waals surface area contributed by atoms with Gasteiger partial charge in [0.25, 0.3) is 5.91 Å². The zero-order valence-electron chi connectivity index (χ0n) is 11.9. The van der Waals surface area contributed by atoms with Gasteiger partial charge in [-0.15, -0.1) is 5.10 Å². The summed E-state index contributed by atoms with van der Waals surface area (Å²) in [6, 6.07) is 0. The lowest BCUT2D eigenvalue weighted by Crippen LogP contribution is -2.44. The molecule has 1 N–H and O–H groups in total. The molecule has 20 heavy (non-hydrogen) atoms. The monoisotopic (exact) mass is 296 g/mol. The molecular formula is C13H20N4O2S. The maximum Gasteiger partial charge on any atom is 0.267 e. The summed E-state index contributed by atoms with van der Waals surface area (Å²) >= 11 is 1.17. The Bertz CT molecular complexity index is 500. The molecule has 1 aromatic rings. The number of oxime groups is 1. The van der Waals surface area contributed by atoms with Crippen LogP contribution in [0.25, 0.3) is 0 Å². The average Bonchev–Trinajstić information content (AvgIpc) is 2.94. The maximum absolute atomic E-state index is 12.6. The number of amides is 1. The van der Waals surface area contributed by atoms with Crippen molar-refractivity contribution in [2.75, 3.05) is 13.1 Å². The van der Waals surface area contributed by atoms with E-state index < -0.39 is 0 Å². The molecular weight excluding hydrogens is 276 g/mol. The Kier molecular flexibility index (Phi) is 5.05. The van der Waals surface area contributed by atoms with Crippen molar-refractivity contribution in [3.63, 3.8) is 0 Å². The molecule has 1 saturated heterocycles. The van der Waals surface area contributed by atoms with Crippen LogP contribution in [0.5, 0.6) is 0 Å². The van der Waals surface area contributed by atoms with E-state index in [9.17, 15) is 4.79 Å². The smallest absolute Gasteiger partial charge is 0.267 e. The van der Waals surface area contributed by atoms with E-state index >= 15 is 0 Å². The van der Waals surface area contributed by atoms with Crippen LogP contribution in [0.4, 0.5) is 0 Å². The van der Waals surface area contributed by atoms with Gasteiger partial charge in [0.15, 0.2) is 0 Å². The van der Waals surface area contributed by atoms with E-state index in [1.54, 1.807) is 0 Å². The number of aryl methyl sites for hydroxylation is 1. The second-order valence-electron chi connectivity index (χ2n) is 5.00. The number of aromatic nitrogens is 2. The first-order valence-corrected chi connectivity index (χ1v) is 7.79. The first-order valence-electron chi connectivity index (χ1n) is 7.02. The van der Waals surface area contributed by atoms with E-state index in [1.165, 1.54) is 11.5 Å². The molecule has 1 aliphatic rings. The Labute approximate surface area is 122 Å². The van der Waals surface area contributed by atoms with Crippen molar-refractivity contribution >= 4 is 23.2 Å². The molecule has 2 heterocycles. The predicted octanol–water partition coefficient (Wildman–Crippen LogP) is 2.19. The molecule has 0 spiro atoms. The summed E-state index contributed by atoms with van der Waals surface area (Å²) in [5.41, 5.74) is 1.60. The molecule has 1 unspecified atom stereocenters. The van der Waals surface area contributed by atoms with E-state index in [0.29, 0.717) is 24.4 Å². The zero-order chi connectivity index (χ0) is 14.5. The van der Waals surface area contributed by atoms with E-state index in [4.69, 9.17) is 5.21 Å². The summed E-state index contributed by atoms with van der Waals surface area (Å²) in [4.78, 5) is 15.1. The molecule has 0 bridgehead atoms. The van der Waals surface area contributed by atoms with Crippen LogP contribution in [0.3, 0.4) is 0 Å². The second kappa shape index (κ2) is 6.78. The fourth-order valence-electron chi connectivity index (χ4n) is 2.51. The number of hydrogen-bond acceptors (Lipinski definition) is 6. The fraction of sp³-hybridized carbons (Fsp3) is 0.692. The first-order chi connectivity index (χ1) is 9.71. The lowest BCUT2D eigenvalue weighted by molar-refractivity contribution is 0.0732. The van der Waals surface area contributed by atoms with E-state index in [0.717, 1.165) is 30.7 Å². The SMILES string of the molecule is CCCc1nnsc1C(=O)N1CCC(=NO)C(CC)C1. The van der Waals surface area contributed by atoms with Gasteiger partial charge in [-0.25, -0.2) is 0 Å². The molecule has 1 atom stereocenters. The van der Waals surface area contributed by atoms with Gasteiger partial charge in [-0.1, -0.05) is 29.9 Å². The normalized spacial score (nSPS) is 21.4. The summed E-state index contributed by atoms with van der Waals surface area (Å²) in [6.45, 7) is 5.31. The summed E-state index contributed by atoms with van der Waals surface area (Å²) < 4.78 is 3.91. The summed E-state index contributed by atoms with van der Waals surface area (Å²) in [6.07, 6.45) is 3.23. The second-order valence-corrected chi connectivity index (χ2v) is 5.75. The van der Waals surface area contributed by atoms with Crippen molar-refractivity contribution in [2.45, 2.75) is 39.5 Å². The highest BCUT2D eigenvalue weighted by atomic mass is 32.1. The number of carbonyl (C=O) groups is 1. The van der Waals surface area contributed by atoms with E-state index in [1.807, 2.05) is 11.8 Å². The van der Waals surface area contributed by atoms with Gasteiger partial charge in [0, 0.05) is 25.4 Å². The largest absolute Gasteiger partial charge is 0.411 e. The van der Waals surface area contributed by atoms with Crippen LogP contribution in [0.2, 0.25) is 0 Å². The highest BCUT2D eigenvalue weighted by molar-refractivity contribution is 7.08. The van der Waals surface area contributed by atoms with Gasteiger partial charge in [0.1, 0.15) is 4.88 Å². The molecule has 0 saturated carbocycles. The Balaban J connectivity index is 2.12. The van der Waals surface area contributed by atoms with Gasteiger partial charge >= 0.3 is 0 Å². The third-order valence-corrected chi connectivity index (χ3v) is 4.45. The maximum atomic E-state index is 12.6. The van der Waals surface area contributed by atoms with Crippen molar-refractivity contribution in [1.82, 2.24) is 14.5 Å². The number of hydrogen-bond donors (Lipinski definition) is 1. The van der Waals surface area contributed by atoms with Gasteiger partial charge in [0.05, 0.1) is 11.4 Å². The van der Waals surface area contributed by atoms with Crippen molar-refractivity contribution in [2.24, 2.45) is 11.1 Å². The predicted molar refractivity (Wildman–Crippen MR) is 77.4 cm³/mol. The van der Waals surface area contributed by atoms with Crippen LogP contribution in [-0.4, -0.2) is 44.4 Å². The van der Waals surface area contributed by atoms with E-state index in [2.05, 4.69) is 21.7 Å². The number of piperidine rings is 1. The fourth-order valence-corrected chi connectivity index (χ4v) is 3.19. The third-order valence-electron chi connectivity index (χ3n) is 3.70. The highest BCUT2D eigenvalue weighted by Crippen LogP contribution is 2.22. The van der Waals surface area contributed by atoms with Crippen LogP contribution in [0.15, 0.2) is 5.16 Å². The minimum atomic E-state index is 0.0129. The minimum Gasteiger partial charge on any atom is -0.411 e. The molecule has 6 nitrogen and oxygen atoms in total. The summed E-state index contributed by atoms with van der Waals surface area (Å²) in [5, 5.41) is 16.4. The summed E-state index contributed by atoms with van der Waals surface area (Å²) in [7, 11) is 0. The van der Waals surface area contributed by atoms with Crippen molar-refractivity contribution in [1.29, 1.82) is 0 Å². The molecule has 110 valence electrons. The molecule has 1 aliphatic heterocycles. The van der Waals surface area contributed by atoms with Crippen LogP contribution >= 0.6 is 11.5 Å². The first kappa shape index (κ1) is 14.9. The number of likely N-dealkylation sites (tertiary alicyclic amines) is 1. The van der Waals surface area contributed by atoms with E-state index in [-0.39, 0.29) is 11.8 Å². The lowest BCUT2D eigenvalue weighted by Gasteiger charge is -2.32. The highest BCUT2D eigenvalue weighted by Gasteiger charge is 2.30. The number of rotatable bonds is 4. The van der Waals surface area contributed by atoms with Crippen molar-refractivity contribution in [3.8, 4) is 0 Å². The molecule has 1 fully saturated rings. The zero-order valence-corrected chi connectivity index (χ0v) is 12.7. The molecule has 7 heteroatoms. The van der Waals surface area contributed by atoms with Gasteiger partial charge < -0.3 is 10.1 Å². The van der Waals surface area contributed by atoms with Crippen LogP contribution < -0.4 is 0 Å². The lowest BCUT2D eigenvalue weighted by atomic mass is 9.93. The number of nitrogens with zero attached hydrogens (tertiary/aromatic N) is 4. The third kappa shape index (κ3) is 2.98. The minimum absolute atomic E-state index is 0.0129. The quantitative estimate of drug-likeness (QED) is 0.682. The van der Waals surface area contributed by atoms with Crippen LogP contribution in [0.1, 0.15) is 48.5 Å². The molecule has 0 aromatic carbocycles.